The van der Waals surface area contributed by atoms with Gasteiger partial charge in [-0.25, -0.2) is 0 Å². The van der Waals surface area contributed by atoms with Crippen LogP contribution in [-0.4, -0.2) is 9.93 Å². The monoisotopic (exact) mass is 228 g/mol. The Morgan fingerprint density at radius 1 is 1.17 bits per heavy atom. The maximum absolute atomic E-state index is 9.07. The van der Waals surface area contributed by atoms with Crippen LogP contribution in [0.15, 0.2) is 24.3 Å². The van der Waals surface area contributed by atoms with Crippen molar-refractivity contribution in [3.63, 3.8) is 0 Å². The molecule has 1 aromatic rings. The van der Waals surface area contributed by atoms with Gasteiger partial charge in [-0.3, -0.25) is 0 Å². The average Bonchev–Trinajstić information content (AvgIpc) is 2.04. The highest BCUT2D eigenvalue weighted by atomic mass is 79.9. The van der Waals surface area contributed by atoms with Crippen LogP contribution in [0.1, 0.15) is 25.3 Å². The average molecular weight is 229 g/mol. The van der Waals surface area contributed by atoms with Gasteiger partial charge in [-0.05, 0) is 23.6 Å². The van der Waals surface area contributed by atoms with Gasteiger partial charge in [0.05, 0.1) is 0 Å². The number of aromatic hydroxyl groups is 1. The first-order valence-corrected chi connectivity index (χ1v) is 4.96. The van der Waals surface area contributed by atoms with Crippen LogP contribution in [0.2, 0.25) is 0 Å². The van der Waals surface area contributed by atoms with Gasteiger partial charge in [-0.2, -0.15) is 0 Å². The fourth-order valence-corrected chi connectivity index (χ4v) is 1.35. The number of hydrogen-bond acceptors (Lipinski definition) is 1. The SMILES string of the molecule is CC(Br)C(C)c1ccc(O)cc1. The van der Waals surface area contributed by atoms with Crippen LogP contribution in [0.5, 0.6) is 5.75 Å². The van der Waals surface area contributed by atoms with Gasteiger partial charge in [0.2, 0.25) is 0 Å². The van der Waals surface area contributed by atoms with Crippen LogP contribution in [0.4, 0.5) is 0 Å². The molecule has 2 heteroatoms. The predicted molar refractivity (Wildman–Crippen MR) is 54.9 cm³/mol. The highest BCUT2D eigenvalue weighted by Crippen LogP contribution is 2.25. The molecule has 2 atom stereocenters. The van der Waals surface area contributed by atoms with Crippen molar-refractivity contribution in [3.8, 4) is 5.75 Å². The Morgan fingerprint density at radius 2 is 1.67 bits per heavy atom. The van der Waals surface area contributed by atoms with E-state index in [4.69, 9.17) is 5.11 Å². The third-order valence-corrected chi connectivity index (χ3v) is 2.90. The Hall–Kier alpha value is -0.500. The third kappa shape index (κ3) is 2.24. The Balaban J connectivity index is 2.82. The standard InChI is InChI=1S/C10H13BrO/c1-7(8(2)11)9-3-5-10(12)6-4-9/h3-8,12H,1-2H3. The molecule has 0 aliphatic rings. The van der Waals surface area contributed by atoms with Crippen molar-refractivity contribution < 1.29 is 5.11 Å². The van der Waals surface area contributed by atoms with Crippen LogP contribution in [0.3, 0.4) is 0 Å². The third-order valence-electron chi connectivity index (χ3n) is 2.11. The molecule has 12 heavy (non-hydrogen) atoms. The van der Waals surface area contributed by atoms with Crippen molar-refractivity contribution in [1.29, 1.82) is 0 Å². The molecule has 0 aromatic heterocycles. The van der Waals surface area contributed by atoms with Crippen molar-refractivity contribution in [1.82, 2.24) is 0 Å². The fourth-order valence-electron chi connectivity index (χ4n) is 1.04. The van der Waals surface area contributed by atoms with Crippen LogP contribution in [0, 0.1) is 0 Å². The summed E-state index contributed by atoms with van der Waals surface area (Å²) in [4.78, 5) is 0.460. The molecular weight excluding hydrogens is 216 g/mol. The summed E-state index contributed by atoms with van der Waals surface area (Å²) in [5, 5.41) is 9.07. The van der Waals surface area contributed by atoms with Crippen molar-refractivity contribution in [3.05, 3.63) is 29.8 Å². The molecular formula is C10H13BrO. The van der Waals surface area contributed by atoms with E-state index in [-0.39, 0.29) is 0 Å². The predicted octanol–water partition coefficient (Wildman–Crippen LogP) is 3.28. The van der Waals surface area contributed by atoms with Gasteiger partial charge in [-0.1, -0.05) is 41.9 Å². The summed E-state index contributed by atoms with van der Waals surface area (Å²) in [5.41, 5.74) is 1.25. The number of hydrogen-bond donors (Lipinski definition) is 1. The summed E-state index contributed by atoms with van der Waals surface area (Å²) in [7, 11) is 0. The largest absolute Gasteiger partial charge is 0.508 e. The van der Waals surface area contributed by atoms with E-state index >= 15 is 0 Å². The number of phenols is 1. The molecule has 0 aliphatic heterocycles. The zero-order chi connectivity index (χ0) is 9.14. The lowest BCUT2D eigenvalue weighted by Crippen LogP contribution is -2.03. The highest BCUT2D eigenvalue weighted by Gasteiger charge is 2.10. The van der Waals surface area contributed by atoms with E-state index in [2.05, 4.69) is 29.8 Å². The van der Waals surface area contributed by atoms with Gasteiger partial charge in [0.1, 0.15) is 5.75 Å². The van der Waals surface area contributed by atoms with Gasteiger partial charge < -0.3 is 5.11 Å². The molecule has 0 saturated carbocycles. The molecule has 66 valence electrons. The van der Waals surface area contributed by atoms with Gasteiger partial charge in [0.15, 0.2) is 0 Å². The van der Waals surface area contributed by atoms with Gasteiger partial charge >= 0.3 is 0 Å². The van der Waals surface area contributed by atoms with Gasteiger partial charge in [0, 0.05) is 4.83 Å². The normalized spacial score (nSPS) is 15.6. The molecule has 0 heterocycles. The first-order valence-electron chi connectivity index (χ1n) is 4.04. The number of phenolic OH excluding ortho intramolecular Hbond substituents is 1. The van der Waals surface area contributed by atoms with Crippen LogP contribution in [-0.2, 0) is 0 Å². The molecule has 1 aromatic carbocycles. The van der Waals surface area contributed by atoms with E-state index in [1.54, 1.807) is 12.1 Å². The topological polar surface area (TPSA) is 20.2 Å². The maximum Gasteiger partial charge on any atom is 0.115 e. The molecule has 0 saturated heterocycles. The van der Waals surface area contributed by atoms with Crippen LogP contribution < -0.4 is 0 Å². The van der Waals surface area contributed by atoms with E-state index in [0.717, 1.165) is 0 Å². The summed E-state index contributed by atoms with van der Waals surface area (Å²) < 4.78 is 0. The lowest BCUT2D eigenvalue weighted by atomic mass is 9.99. The molecule has 0 radical (unpaired) electrons. The zero-order valence-electron chi connectivity index (χ0n) is 7.29. The number of benzene rings is 1. The first kappa shape index (κ1) is 9.59. The van der Waals surface area contributed by atoms with Crippen molar-refractivity contribution in [2.24, 2.45) is 0 Å². The number of halogens is 1. The minimum atomic E-state index is 0.327. The van der Waals surface area contributed by atoms with Crippen molar-refractivity contribution >= 4 is 15.9 Å². The van der Waals surface area contributed by atoms with E-state index in [0.29, 0.717) is 16.5 Å². The van der Waals surface area contributed by atoms with E-state index < -0.39 is 0 Å². The summed E-state index contributed by atoms with van der Waals surface area (Å²) in [5.74, 6) is 0.804. The van der Waals surface area contributed by atoms with Crippen LogP contribution >= 0.6 is 15.9 Å². The fraction of sp³-hybridized carbons (Fsp3) is 0.400. The summed E-state index contributed by atoms with van der Waals surface area (Å²) >= 11 is 3.53. The molecule has 1 rings (SSSR count). The quantitative estimate of drug-likeness (QED) is 0.771. The molecule has 0 spiro atoms. The first-order chi connectivity index (χ1) is 5.61. The van der Waals surface area contributed by atoms with Gasteiger partial charge in [0.25, 0.3) is 0 Å². The minimum Gasteiger partial charge on any atom is -0.508 e. The zero-order valence-corrected chi connectivity index (χ0v) is 8.88. The van der Waals surface area contributed by atoms with Crippen molar-refractivity contribution in [2.45, 2.75) is 24.6 Å². The number of rotatable bonds is 2. The Bertz CT molecular complexity index is 241. The second-order valence-electron chi connectivity index (χ2n) is 3.06. The summed E-state index contributed by atoms with van der Waals surface area (Å²) in [6.07, 6.45) is 0. The second kappa shape index (κ2) is 3.94. The minimum absolute atomic E-state index is 0.327. The summed E-state index contributed by atoms with van der Waals surface area (Å²) in [6.45, 7) is 4.28. The molecule has 0 fully saturated rings. The van der Waals surface area contributed by atoms with E-state index in [9.17, 15) is 0 Å². The Kier molecular flexibility index (Phi) is 3.15. The molecule has 1 nitrogen and oxygen atoms in total. The smallest absolute Gasteiger partial charge is 0.115 e. The lowest BCUT2D eigenvalue weighted by molar-refractivity contribution is 0.475. The lowest BCUT2D eigenvalue weighted by Gasteiger charge is -2.13. The molecule has 2 unspecified atom stereocenters. The van der Waals surface area contributed by atoms with E-state index in [1.807, 2.05) is 12.1 Å². The molecule has 1 N–H and O–H groups in total. The number of alkyl halides is 1. The highest BCUT2D eigenvalue weighted by molar-refractivity contribution is 9.09. The molecule has 0 bridgehead atoms. The van der Waals surface area contributed by atoms with Crippen molar-refractivity contribution in [2.75, 3.05) is 0 Å². The Morgan fingerprint density at radius 3 is 2.08 bits per heavy atom. The summed E-state index contributed by atoms with van der Waals surface area (Å²) in [6, 6.07) is 7.36. The maximum atomic E-state index is 9.07. The van der Waals surface area contributed by atoms with Crippen LogP contribution in [0.25, 0.3) is 0 Å². The molecule has 0 amide bonds. The Labute approximate surface area is 81.6 Å². The van der Waals surface area contributed by atoms with E-state index in [1.165, 1.54) is 5.56 Å². The molecule has 0 aliphatic carbocycles. The van der Waals surface area contributed by atoms with Gasteiger partial charge in [-0.15, -0.1) is 0 Å². The second-order valence-corrected chi connectivity index (χ2v) is 4.50.